The molecule has 1 amide bonds. The number of nitrogen functional groups attached to an aromatic ring is 1. The second-order valence-corrected chi connectivity index (χ2v) is 3.52. The zero-order valence-electron chi connectivity index (χ0n) is 9.03. The molecule has 2 aromatic rings. The van der Waals surface area contributed by atoms with Crippen molar-refractivity contribution in [2.24, 2.45) is 0 Å². The number of anilines is 2. The number of benzene rings is 1. The predicted molar refractivity (Wildman–Crippen MR) is 60.0 cm³/mol. The molecule has 88 valence electrons. The number of carbonyl (C=O) groups is 1. The van der Waals surface area contributed by atoms with Gasteiger partial charge in [0.2, 0.25) is 0 Å². The van der Waals surface area contributed by atoms with E-state index in [4.69, 9.17) is 10.3 Å². The number of aryl methyl sites for hydroxylation is 1. The van der Waals surface area contributed by atoms with Crippen LogP contribution < -0.4 is 11.1 Å². The number of nitrogens with two attached hydrogens (primary N) is 1. The molecular formula is C11H10FN3O2. The molecule has 3 N–H and O–H groups in total. The first-order chi connectivity index (χ1) is 8.06. The second-order valence-electron chi connectivity index (χ2n) is 3.52. The molecule has 0 bridgehead atoms. The second kappa shape index (κ2) is 4.25. The lowest BCUT2D eigenvalue weighted by atomic mass is 10.2. The van der Waals surface area contributed by atoms with E-state index >= 15 is 0 Å². The molecule has 1 heterocycles. The number of carbonyl (C=O) groups excluding carboxylic acids is 1. The van der Waals surface area contributed by atoms with E-state index in [1.807, 2.05) is 0 Å². The quantitative estimate of drug-likeness (QED) is 0.779. The fourth-order valence-corrected chi connectivity index (χ4v) is 1.32. The van der Waals surface area contributed by atoms with Crippen molar-refractivity contribution in [3.8, 4) is 0 Å². The first kappa shape index (κ1) is 11.1. The Morgan fingerprint density at radius 1 is 1.47 bits per heavy atom. The van der Waals surface area contributed by atoms with Gasteiger partial charge in [0.15, 0.2) is 5.82 Å². The molecule has 1 aromatic carbocycles. The van der Waals surface area contributed by atoms with Crippen LogP contribution in [0.2, 0.25) is 0 Å². The summed E-state index contributed by atoms with van der Waals surface area (Å²) in [5, 5.41) is 5.99. The molecule has 0 aliphatic carbocycles. The van der Waals surface area contributed by atoms with Gasteiger partial charge >= 0.3 is 0 Å². The predicted octanol–water partition coefficient (Wildman–Crippen LogP) is 1.96. The van der Waals surface area contributed by atoms with Crippen LogP contribution >= 0.6 is 0 Å². The standard InChI is InChI=1S/C11H10FN3O2/c1-6-4-10(15-17-6)14-11(16)8-3-2-7(13)5-9(8)12/h2-5H,13H2,1H3,(H,14,15,16). The fraction of sp³-hybridized carbons (Fsp3) is 0.0909. The molecule has 5 nitrogen and oxygen atoms in total. The van der Waals surface area contributed by atoms with E-state index in [9.17, 15) is 9.18 Å². The average Bonchev–Trinajstić information content (AvgIpc) is 2.63. The molecule has 0 aliphatic rings. The maximum Gasteiger partial charge on any atom is 0.259 e. The third-order valence-electron chi connectivity index (χ3n) is 2.11. The van der Waals surface area contributed by atoms with Gasteiger partial charge in [0, 0.05) is 11.8 Å². The van der Waals surface area contributed by atoms with Gasteiger partial charge < -0.3 is 15.6 Å². The minimum atomic E-state index is -0.678. The van der Waals surface area contributed by atoms with Crippen LogP contribution in [-0.4, -0.2) is 11.1 Å². The smallest absolute Gasteiger partial charge is 0.259 e. The van der Waals surface area contributed by atoms with Gasteiger partial charge in [-0.1, -0.05) is 5.16 Å². The highest BCUT2D eigenvalue weighted by Gasteiger charge is 2.13. The van der Waals surface area contributed by atoms with E-state index < -0.39 is 11.7 Å². The summed E-state index contributed by atoms with van der Waals surface area (Å²) in [5.41, 5.74) is 5.55. The number of hydrogen-bond acceptors (Lipinski definition) is 4. The molecule has 6 heteroatoms. The molecule has 2 rings (SSSR count). The highest BCUT2D eigenvalue weighted by Crippen LogP contribution is 2.14. The van der Waals surface area contributed by atoms with Crippen LogP contribution in [-0.2, 0) is 0 Å². The van der Waals surface area contributed by atoms with Crippen LogP contribution in [0.15, 0.2) is 28.8 Å². The SMILES string of the molecule is Cc1cc(NC(=O)c2ccc(N)cc2F)no1. The first-order valence-electron chi connectivity index (χ1n) is 4.86. The number of amides is 1. The van der Waals surface area contributed by atoms with Crippen LogP contribution in [0.25, 0.3) is 0 Å². The Labute approximate surface area is 96.4 Å². The lowest BCUT2D eigenvalue weighted by Crippen LogP contribution is -2.14. The Morgan fingerprint density at radius 2 is 2.24 bits per heavy atom. The van der Waals surface area contributed by atoms with Gasteiger partial charge in [0.25, 0.3) is 5.91 Å². The molecule has 0 aliphatic heterocycles. The van der Waals surface area contributed by atoms with Crippen LogP contribution in [0, 0.1) is 12.7 Å². The van der Waals surface area contributed by atoms with Crippen molar-refractivity contribution in [3.05, 3.63) is 41.4 Å². The van der Waals surface area contributed by atoms with Crippen molar-refractivity contribution in [1.82, 2.24) is 5.16 Å². The van der Waals surface area contributed by atoms with Gasteiger partial charge in [-0.15, -0.1) is 0 Å². The number of halogens is 1. The van der Waals surface area contributed by atoms with Crippen LogP contribution in [0.1, 0.15) is 16.1 Å². The Kier molecular flexibility index (Phi) is 2.78. The highest BCUT2D eigenvalue weighted by molar-refractivity contribution is 6.04. The number of nitrogens with zero attached hydrogens (tertiary/aromatic N) is 1. The van der Waals surface area contributed by atoms with E-state index in [-0.39, 0.29) is 17.1 Å². The molecule has 0 fully saturated rings. The van der Waals surface area contributed by atoms with Crippen molar-refractivity contribution in [2.75, 3.05) is 11.1 Å². The molecule has 0 saturated carbocycles. The Bertz CT molecular complexity index is 566. The number of nitrogens with one attached hydrogen (secondary N) is 1. The molecule has 0 atom stereocenters. The summed E-state index contributed by atoms with van der Waals surface area (Å²) in [6.07, 6.45) is 0. The average molecular weight is 235 g/mol. The van der Waals surface area contributed by atoms with E-state index in [1.54, 1.807) is 6.92 Å². The summed E-state index contributed by atoms with van der Waals surface area (Å²) in [4.78, 5) is 11.7. The van der Waals surface area contributed by atoms with E-state index in [0.717, 1.165) is 6.07 Å². The number of aromatic nitrogens is 1. The lowest BCUT2D eigenvalue weighted by molar-refractivity contribution is 0.102. The van der Waals surface area contributed by atoms with Crippen LogP contribution in [0.5, 0.6) is 0 Å². The minimum Gasteiger partial charge on any atom is -0.399 e. The summed E-state index contributed by atoms with van der Waals surface area (Å²) in [6, 6.07) is 5.38. The van der Waals surface area contributed by atoms with Crippen molar-refractivity contribution in [3.63, 3.8) is 0 Å². The maximum absolute atomic E-state index is 13.4. The van der Waals surface area contributed by atoms with Gasteiger partial charge in [-0.2, -0.15) is 0 Å². The van der Waals surface area contributed by atoms with Gasteiger partial charge in [0.1, 0.15) is 11.6 Å². The molecular weight excluding hydrogens is 225 g/mol. The zero-order chi connectivity index (χ0) is 12.4. The normalized spacial score (nSPS) is 10.2. The van der Waals surface area contributed by atoms with Crippen LogP contribution in [0.3, 0.4) is 0 Å². The third-order valence-corrected chi connectivity index (χ3v) is 2.11. The maximum atomic E-state index is 13.4. The van der Waals surface area contributed by atoms with Crippen molar-refractivity contribution < 1.29 is 13.7 Å². The zero-order valence-corrected chi connectivity index (χ0v) is 9.03. The highest BCUT2D eigenvalue weighted by atomic mass is 19.1. The van der Waals surface area contributed by atoms with Crippen LogP contribution in [0.4, 0.5) is 15.9 Å². The summed E-state index contributed by atoms with van der Waals surface area (Å²) in [5.74, 6) is -0.486. The Balaban J connectivity index is 2.20. The van der Waals surface area contributed by atoms with E-state index in [1.165, 1.54) is 18.2 Å². The van der Waals surface area contributed by atoms with Gasteiger partial charge in [-0.05, 0) is 25.1 Å². The van der Waals surface area contributed by atoms with E-state index in [0.29, 0.717) is 5.76 Å². The van der Waals surface area contributed by atoms with Gasteiger partial charge in [-0.3, -0.25) is 4.79 Å². The Morgan fingerprint density at radius 3 is 2.82 bits per heavy atom. The molecule has 0 saturated heterocycles. The number of hydrogen-bond donors (Lipinski definition) is 2. The third kappa shape index (κ3) is 2.41. The minimum absolute atomic E-state index is 0.0974. The topological polar surface area (TPSA) is 81.2 Å². The van der Waals surface area contributed by atoms with E-state index in [2.05, 4.69) is 10.5 Å². The largest absolute Gasteiger partial charge is 0.399 e. The summed E-state index contributed by atoms with van der Waals surface area (Å²) in [6.45, 7) is 1.69. The molecule has 0 spiro atoms. The van der Waals surface area contributed by atoms with Gasteiger partial charge in [-0.25, -0.2) is 4.39 Å². The summed E-state index contributed by atoms with van der Waals surface area (Å²) in [7, 11) is 0. The summed E-state index contributed by atoms with van der Waals surface area (Å²) < 4.78 is 18.2. The van der Waals surface area contributed by atoms with Crippen molar-refractivity contribution in [2.45, 2.75) is 6.92 Å². The summed E-state index contributed by atoms with van der Waals surface area (Å²) >= 11 is 0. The van der Waals surface area contributed by atoms with Crippen molar-refractivity contribution in [1.29, 1.82) is 0 Å². The fourth-order valence-electron chi connectivity index (χ4n) is 1.32. The van der Waals surface area contributed by atoms with Gasteiger partial charge in [0.05, 0.1) is 5.56 Å². The van der Waals surface area contributed by atoms with Crippen molar-refractivity contribution >= 4 is 17.4 Å². The monoisotopic (exact) mass is 235 g/mol. The first-order valence-corrected chi connectivity index (χ1v) is 4.86. The lowest BCUT2D eigenvalue weighted by Gasteiger charge is -2.03. The molecule has 17 heavy (non-hydrogen) atoms. The number of rotatable bonds is 2. The molecule has 0 radical (unpaired) electrons. The molecule has 0 unspecified atom stereocenters. The Hall–Kier alpha value is -2.37. The molecule has 1 aromatic heterocycles.